The van der Waals surface area contributed by atoms with E-state index in [1.54, 1.807) is 50.5 Å². The summed E-state index contributed by atoms with van der Waals surface area (Å²) in [5, 5.41) is 63.2. The van der Waals surface area contributed by atoms with Gasteiger partial charge in [-0.3, -0.25) is 4.79 Å². The topological polar surface area (TPSA) is 193 Å². The fourth-order valence-corrected chi connectivity index (χ4v) is 4.79. The van der Waals surface area contributed by atoms with Crippen LogP contribution in [0.4, 0.5) is 0 Å². The summed E-state index contributed by atoms with van der Waals surface area (Å²) < 4.78 is 0. The molecule has 2 aromatic carbocycles. The van der Waals surface area contributed by atoms with Gasteiger partial charge in [0.1, 0.15) is 18.1 Å². The van der Waals surface area contributed by atoms with Gasteiger partial charge >= 0.3 is 0 Å². The first kappa shape index (κ1) is 30.6. The SMILES string of the molecule is Cc1nnnn1/N=C/c1ccc(O)c(C(=C2C=C(N(C(=O)CO)C(C)C)C=CC2)c2cc(/C=N/n3nnnc3C)ccc2O)c1. The molecular weight excluding hydrogens is 578 g/mol. The lowest BCUT2D eigenvalue weighted by Gasteiger charge is -2.29. The van der Waals surface area contributed by atoms with Gasteiger partial charge < -0.3 is 20.2 Å². The third kappa shape index (κ3) is 6.73. The molecule has 0 unspecified atom stereocenters. The highest BCUT2D eigenvalue weighted by molar-refractivity contribution is 5.93. The third-order valence-electron chi connectivity index (χ3n) is 6.89. The maximum atomic E-state index is 12.7. The Bertz CT molecular complexity index is 1780. The van der Waals surface area contributed by atoms with Crippen LogP contribution in [0.2, 0.25) is 0 Å². The van der Waals surface area contributed by atoms with Crippen molar-refractivity contribution in [2.24, 2.45) is 10.2 Å². The number of carbonyl (C=O) groups is 1. The van der Waals surface area contributed by atoms with Crippen molar-refractivity contribution in [2.75, 3.05) is 6.61 Å². The van der Waals surface area contributed by atoms with Gasteiger partial charge in [0.15, 0.2) is 11.6 Å². The van der Waals surface area contributed by atoms with E-state index >= 15 is 0 Å². The summed E-state index contributed by atoms with van der Waals surface area (Å²) >= 11 is 0. The van der Waals surface area contributed by atoms with Crippen LogP contribution in [-0.4, -0.2) is 91.8 Å². The Balaban J connectivity index is 1.70. The third-order valence-corrected chi connectivity index (χ3v) is 6.89. The number of aliphatic hydroxyl groups excluding tert-OH is 1. The molecule has 0 atom stereocenters. The Morgan fingerprint density at radius 2 is 1.47 bits per heavy atom. The van der Waals surface area contributed by atoms with Gasteiger partial charge in [0.05, 0.1) is 12.4 Å². The largest absolute Gasteiger partial charge is 0.507 e. The summed E-state index contributed by atoms with van der Waals surface area (Å²) in [7, 11) is 0. The number of aromatic hydroxyl groups is 2. The predicted molar refractivity (Wildman–Crippen MR) is 164 cm³/mol. The molecule has 2 aromatic heterocycles. The highest BCUT2D eigenvalue weighted by Gasteiger charge is 2.24. The van der Waals surface area contributed by atoms with E-state index in [1.807, 2.05) is 32.1 Å². The monoisotopic (exact) mass is 609 g/mol. The van der Waals surface area contributed by atoms with E-state index in [0.717, 1.165) is 0 Å². The first-order chi connectivity index (χ1) is 21.7. The number of hydrogen-bond acceptors (Lipinski definition) is 12. The number of rotatable bonds is 9. The minimum atomic E-state index is -0.652. The molecule has 0 aliphatic heterocycles. The summed E-state index contributed by atoms with van der Waals surface area (Å²) in [4.78, 5) is 16.7. The van der Waals surface area contributed by atoms with Gasteiger partial charge in [-0.15, -0.1) is 19.8 Å². The van der Waals surface area contributed by atoms with Crippen LogP contribution in [0.1, 0.15) is 54.2 Å². The Kier molecular flexibility index (Phi) is 8.99. The maximum Gasteiger partial charge on any atom is 0.252 e. The highest BCUT2D eigenvalue weighted by Crippen LogP contribution is 2.40. The molecule has 0 saturated carbocycles. The standard InChI is InChI=1S/C30H31N11O4/c1-18(2)39(29(45)17-42)24-7-5-6-23(14-24)30(25-12-21(8-10-27(25)43)15-31-40-19(3)33-35-37-40)26-13-22(9-11-28(26)44)16-32-41-20(4)34-36-38-41/h5,7-16,18,42-44H,6,17H2,1-4H3/b31-15+,32-16+. The number of allylic oxidation sites excluding steroid dienone is 4. The van der Waals surface area contributed by atoms with Crippen molar-refractivity contribution in [1.82, 2.24) is 45.5 Å². The molecule has 15 heteroatoms. The second kappa shape index (κ2) is 13.2. The number of hydrogen-bond donors (Lipinski definition) is 3. The summed E-state index contributed by atoms with van der Waals surface area (Å²) in [6.07, 6.45) is 9.03. The zero-order valence-corrected chi connectivity index (χ0v) is 25.0. The first-order valence-electron chi connectivity index (χ1n) is 14.0. The van der Waals surface area contributed by atoms with Gasteiger partial charge in [-0.1, -0.05) is 6.08 Å². The Morgan fingerprint density at radius 3 is 1.91 bits per heavy atom. The fourth-order valence-electron chi connectivity index (χ4n) is 4.79. The Labute approximate surface area is 257 Å². The average Bonchev–Trinajstić information content (AvgIpc) is 3.64. The molecule has 0 bridgehead atoms. The highest BCUT2D eigenvalue weighted by atomic mass is 16.3. The normalized spacial score (nSPS) is 13.3. The van der Waals surface area contributed by atoms with Crippen molar-refractivity contribution in [3.05, 3.63) is 99.8 Å². The van der Waals surface area contributed by atoms with E-state index in [1.165, 1.54) is 26.6 Å². The Hall–Kier alpha value is -5.83. The minimum Gasteiger partial charge on any atom is -0.507 e. The summed E-state index contributed by atoms with van der Waals surface area (Å²) in [5.74, 6) is 0.432. The number of nitrogens with zero attached hydrogens (tertiary/aromatic N) is 11. The molecule has 15 nitrogen and oxygen atoms in total. The second-order valence-corrected chi connectivity index (χ2v) is 10.4. The molecule has 2 heterocycles. The zero-order valence-electron chi connectivity index (χ0n) is 25.0. The van der Waals surface area contributed by atoms with Crippen molar-refractivity contribution in [2.45, 2.75) is 40.2 Å². The lowest BCUT2D eigenvalue weighted by Crippen LogP contribution is -2.37. The number of carbonyl (C=O) groups excluding carboxylic acids is 1. The van der Waals surface area contributed by atoms with Gasteiger partial charge in [0, 0.05) is 22.9 Å². The molecule has 0 spiro atoms. The van der Waals surface area contributed by atoms with Gasteiger partial charge in [-0.25, -0.2) is 0 Å². The van der Waals surface area contributed by atoms with Crippen LogP contribution in [0.25, 0.3) is 5.57 Å². The smallest absolute Gasteiger partial charge is 0.252 e. The molecule has 1 aliphatic rings. The van der Waals surface area contributed by atoms with Crippen LogP contribution in [-0.2, 0) is 4.79 Å². The van der Waals surface area contributed by atoms with Crippen LogP contribution in [0.3, 0.4) is 0 Å². The molecule has 1 amide bonds. The quantitative estimate of drug-likeness (QED) is 0.237. The summed E-state index contributed by atoms with van der Waals surface area (Å²) in [5.41, 5.74) is 3.81. The molecule has 4 aromatic rings. The van der Waals surface area contributed by atoms with Crippen molar-refractivity contribution in [3.63, 3.8) is 0 Å². The summed E-state index contributed by atoms with van der Waals surface area (Å²) in [6, 6.07) is 9.66. The molecule has 1 aliphatic carbocycles. The number of amides is 1. The van der Waals surface area contributed by atoms with Gasteiger partial charge in [0.25, 0.3) is 5.91 Å². The lowest BCUT2D eigenvalue weighted by atomic mass is 9.87. The molecule has 0 radical (unpaired) electrons. The lowest BCUT2D eigenvalue weighted by molar-refractivity contribution is -0.133. The molecule has 45 heavy (non-hydrogen) atoms. The first-order valence-corrected chi connectivity index (χ1v) is 14.0. The number of phenols is 2. The minimum absolute atomic E-state index is 0.0484. The van der Waals surface area contributed by atoms with Crippen LogP contribution < -0.4 is 0 Å². The van der Waals surface area contributed by atoms with E-state index in [2.05, 4.69) is 41.3 Å². The van der Waals surface area contributed by atoms with Crippen molar-refractivity contribution in [3.8, 4) is 11.5 Å². The molecule has 5 rings (SSSR count). The molecule has 3 N–H and O–H groups in total. The van der Waals surface area contributed by atoms with E-state index in [0.29, 0.717) is 57.2 Å². The van der Waals surface area contributed by atoms with Crippen LogP contribution in [0.5, 0.6) is 11.5 Å². The second-order valence-electron chi connectivity index (χ2n) is 10.4. The average molecular weight is 610 g/mol. The van der Waals surface area contributed by atoms with E-state index in [-0.39, 0.29) is 17.5 Å². The van der Waals surface area contributed by atoms with Crippen LogP contribution >= 0.6 is 0 Å². The molecule has 0 fully saturated rings. The van der Waals surface area contributed by atoms with Crippen molar-refractivity contribution < 1.29 is 20.1 Å². The maximum absolute atomic E-state index is 12.7. The van der Waals surface area contributed by atoms with Gasteiger partial charge in [-0.05, 0) is 126 Å². The number of aryl methyl sites for hydroxylation is 2. The van der Waals surface area contributed by atoms with Crippen LogP contribution in [0, 0.1) is 13.8 Å². The molecule has 0 saturated heterocycles. The van der Waals surface area contributed by atoms with Crippen molar-refractivity contribution >= 4 is 23.9 Å². The van der Waals surface area contributed by atoms with Gasteiger partial charge in [0.2, 0.25) is 0 Å². The van der Waals surface area contributed by atoms with Crippen LogP contribution in [0.15, 0.2) is 76.1 Å². The van der Waals surface area contributed by atoms with E-state index in [4.69, 9.17) is 0 Å². The zero-order chi connectivity index (χ0) is 32.1. The van der Waals surface area contributed by atoms with Crippen molar-refractivity contribution in [1.29, 1.82) is 0 Å². The van der Waals surface area contributed by atoms with Gasteiger partial charge in [-0.2, -0.15) is 10.2 Å². The number of aliphatic hydroxyl groups is 1. The molecule has 230 valence electrons. The number of benzene rings is 2. The summed E-state index contributed by atoms with van der Waals surface area (Å²) in [6.45, 7) is 6.47. The number of phenolic OH excluding ortho intramolecular Hbond substituents is 2. The number of tetrazole rings is 2. The van der Waals surface area contributed by atoms with E-state index in [9.17, 15) is 20.1 Å². The molecular formula is C30H31N11O4. The predicted octanol–water partition coefficient (Wildman–Crippen LogP) is 2.33. The fraction of sp³-hybridized carbons (Fsp3) is 0.233. The van der Waals surface area contributed by atoms with E-state index < -0.39 is 12.5 Å². The Morgan fingerprint density at radius 1 is 0.933 bits per heavy atom. The number of aromatic nitrogens is 8.